The first-order valence-electron chi connectivity index (χ1n) is 4.90. The minimum Gasteiger partial charge on any atom is -0.423 e. The van der Waals surface area contributed by atoms with Crippen LogP contribution in [-0.2, 0) is 4.65 Å². The Balaban J connectivity index is 2.65. The van der Waals surface area contributed by atoms with Gasteiger partial charge in [0.1, 0.15) is 5.82 Å². The van der Waals surface area contributed by atoms with Gasteiger partial charge < -0.3 is 9.68 Å². The lowest BCUT2D eigenvalue weighted by molar-refractivity contribution is 0.264. The Morgan fingerprint density at radius 2 is 2.27 bits per heavy atom. The molecule has 1 N–H and O–H groups in total. The normalized spacial score (nSPS) is 10.4. The first kappa shape index (κ1) is 12.7. The Labute approximate surface area is 97.7 Å². The van der Waals surface area contributed by atoms with Gasteiger partial charge in [0.25, 0.3) is 0 Å². The van der Waals surface area contributed by atoms with Crippen molar-refractivity contribution in [3.8, 4) is 0 Å². The molecule has 0 spiro atoms. The summed E-state index contributed by atoms with van der Waals surface area (Å²) >= 11 is 3.07. The first-order chi connectivity index (χ1) is 7.16. The summed E-state index contributed by atoms with van der Waals surface area (Å²) in [6.07, 6.45) is 1.88. The molecule has 82 valence electrons. The van der Waals surface area contributed by atoms with Crippen molar-refractivity contribution in [2.75, 3.05) is 6.61 Å². The summed E-state index contributed by atoms with van der Waals surface area (Å²) in [5.41, 5.74) is 0.422. The van der Waals surface area contributed by atoms with Crippen LogP contribution in [0.1, 0.15) is 19.8 Å². The van der Waals surface area contributed by atoms with E-state index < -0.39 is 12.9 Å². The van der Waals surface area contributed by atoms with Crippen molar-refractivity contribution in [3.05, 3.63) is 28.5 Å². The molecule has 0 aromatic heterocycles. The maximum absolute atomic E-state index is 13.1. The van der Waals surface area contributed by atoms with Gasteiger partial charge in [-0.3, -0.25) is 0 Å². The van der Waals surface area contributed by atoms with Crippen LogP contribution in [0.15, 0.2) is 22.7 Å². The summed E-state index contributed by atoms with van der Waals surface area (Å²) in [4.78, 5) is 0. The molecule has 0 saturated heterocycles. The number of benzene rings is 1. The average molecular weight is 275 g/mol. The molecular formula is C10H13BBrFO2. The Morgan fingerprint density at radius 1 is 1.53 bits per heavy atom. The Bertz CT molecular complexity index is 322. The van der Waals surface area contributed by atoms with Crippen LogP contribution in [-0.4, -0.2) is 18.7 Å². The van der Waals surface area contributed by atoms with Crippen LogP contribution >= 0.6 is 15.9 Å². The smallest absolute Gasteiger partial charge is 0.423 e. The molecule has 0 bridgehead atoms. The zero-order chi connectivity index (χ0) is 11.3. The molecule has 0 fully saturated rings. The number of unbranched alkanes of at least 4 members (excludes halogenated alkanes) is 1. The summed E-state index contributed by atoms with van der Waals surface area (Å²) < 4.78 is 18.5. The standard InChI is InChI=1S/C10H13BBrFO2/c1-2-3-7-15-11(14)8-5-4-6-9(13)10(8)12/h4-6,14H,2-3,7H2,1H3. The van der Waals surface area contributed by atoms with Crippen LogP contribution in [0.4, 0.5) is 4.39 Å². The highest BCUT2D eigenvalue weighted by Gasteiger charge is 2.20. The van der Waals surface area contributed by atoms with Gasteiger partial charge in [-0.05, 0) is 33.9 Å². The molecule has 0 aliphatic carbocycles. The molecule has 0 aliphatic heterocycles. The Kier molecular flexibility index (Phi) is 5.29. The monoisotopic (exact) mass is 274 g/mol. The highest BCUT2D eigenvalue weighted by Crippen LogP contribution is 2.12. The lowest BCUT2D eigenvalue weighted by atomic mass is 9.79. The SMILES string of the molecule is CCCCOB(O)c1cccc(F)c1Br. The van der Waals surface area contributed by atoms with Crippen LogP contribution < -0.4 is 5.46 Å². The molecule has 5 heteroatoms. The van der Waals surface area contributed by atoms with Crippen molar-refractivity contribution in [1.82, 2.24) is 0 Å². The summed E-state index contributed by atoms with van der Waals surface area (Å²) in [7, 11) is -1.07. The van der Waals surface area contributed by atoms with Crippen LogP contribution in [0.25, 0.3) is 0 Å². The van der Waals surface area contributed by atoms with E-state index in [9.17, 15) is 9.41 Å². The van der Waals surface area contributed by atoms with Gasteiger partial charge in [-0.15, -0.1) is 0 Å². The fourth-order valence-corrected chi connectivity index (χ4v) is 1.60. The molecule has 0 amide bonds. The molecule has 0 aliphatic rings. The second-order valence-corrected chi connectivity index (χ2v) is 4.01. The fourth-order valence-electron chi connectivity index (χ4n) is 1.14. The van der Waals surface area contributed by atoms with Crippen molar-refractivity contribution in [3.63, 3.8) is 0 Å². The molecule has 1 aromatic carbocycles. The number of rotatable bonds is 5. The first-order valence-corrected chi connectivity index (χ1v) is 5.69. The van der Waals surface area contributed by atoms with E-state index >= 15 is 0 Å². The number of hydrogen-bond donors (Lipinski definition) is 1. The van der Waals surface area contributed by atoms with Gasteiger partial charge in [0.15, 0.2) is 0 Å². The average Bonchev–Trinajstić information content (AvgIpc) is 2.22. The van der Waals surface area contributed by atoms with E-state index in [-0.39, 0.29) is 4.47 Å². The van der Waals surface area contributed by atoms with Crippen LogP contribution in [0.5, 0.6) is 0 Å². The summed E-state index contributed by atoms with van der Waals surface area (Å²) in [6.45, 7) is 2.51. The third kappa shape index (κ3) is 3.59. The van der Waals surface area contributed by atoms with Crippen molar-refractivity contribution in [2.24, 2.45) is 0 Å². The summed E-state index contributed by atoms with van der Waals surface area (Å²) in [6, 6.07) is 4.50. The van der Waals surface area contributed by atoms with E-state index in [0.717, 1.165) is 12.8 Å². The molecule has 0 unspecified atom stereocenters. The van der Waals surface area contributed by atoms with Gasteiger partial charge in [0.2, 0.25) is 0 Å². The lowest BCUT2D eigenvalue weighted by Gasteiger charge is -2.09. The molecule has 1 aromatic rings. The fraction of sp³-hybridized carbons (Fsp3) is 0.400. The summed E-state index contributed by atoms with van der Waals surface area (Å²) in [5.74, 6) is -0.398. The zero-order valence-electron chi connectivity index (χ0n) is 8.54. The maximum atomic E-state index is 13.1. The van der Waals surface area contributed by atoms with E-state index in [1.807, 2.05) is 6.92 Å². The number of halogens is 2. The van der Waals surface area contributed by atoms with Gasteiger partial charge in [0.05, 0.1) is 4.47 Å². The quantitative estimate of drug-likeness (QED) is 0.658. The molecule has 0 atom stereocenters. The highest BCUT2D eigenvalue weighted by molar-refractivity contribution is 9.10. The maximum Gasteiger partial charge on any atom is 0.492 e. The molecule has 1 rings (SSSR count). The molecule has 15 heavy (non-hydrogen) atoms. The Hall–Kier alpha value is -0.385. The topological polar surface area (TPSA) is 29.5 Å². The third-order valence-corrected chi connectivity index (χ3v) is 2.86. The van der Waals surface area contributed by atoms with E-state index in [1.54, 1.807) is 12.1 Å². The summed E-state index contributed by atoms with van der Waals surface area (Å²) in [5, 5.41) is 9.63. The molecule has 2 nitrogen and oxygen atoms in total. The lowest BCUT2D eigenvalue weighted by Crippen LogP contribution is -2.35. The largest absolute Gasteiger partial charge is 0.492 e. The van der Waals surface area contributed by atoms with Crippen LogP contribution in [0, 0.1) is 5.82 Å². The second kappa shape index (κ2) is 6.25. The van der Waals surface area contributed by atoms with Crippen molar-refractivity contribution >= 4 is 28.5 Å². The van der Waals surface area contributed by atoms with Crippen LogP contribution in [0.2, 0.25) is 0 Å². The number of hydrogen-bond acceptors (Lipinski definition) is 2. The van der Waals surface area contributed by atoms with Gasteiger partial charge in [-0.1, -0.05) is 25.5 Å². The molecule has 0 heterocycles. The van der Waals surface area contributed by atoms with E-state index in [1.165, 1.54) is 6.07 Å². The molecule has 0 radical (unpaired) electrons. The molecular weight excluding hydrogens is 262 g/mol. The minimum absolute atomic E-state index is 0.258. The van der Waals surface area contributed by atoms with Gasteiger partial charge in [-0.25, -0.2) is 4.39 Å². The highest BCUT2D eigenvalue weighted by atomic mass is 79.9. The van der Waals surface area contributed by atoms with E-state index in [2.05, 4.69) is 15.9 Å². The Morgan fingerprint density at radius 3 is 2.93 bits per heavy atom. The molecule has 0 saturated carbocycles. The van der Waals surface area contributed by atoms with Gasteiger partial charge in [0, 0.05) is 6.61 Å². The zero-order valence-corrected chi connectivity index (χ0v) is 10.1. The van der Waals surface area contributed by atoms with E-state index in [0.29, 0.717) is 12.1 Å². The predicted octanol–water partition coefficient (Wildman–Crippen LogP) is 2.09. The minimum atomic E-state index is -1.07. The van der Waals surface area contributed by atoms with Crippen molar-refractivity contribution < 1.29 is 14.1 Å². The van der Waals surface area contributed by atoms with Gasteiger partial charge in [-0.2, -0.15) is 0 Å². The predicted molar refractivity (Wildman–Crippen MR) is 62.6 cm³/mol. The second-order valence-electron chi connectivity index (χ2n) is 3.22. The van der Waals surface area contributed by atoms with Crippen molar-refractivity contribution in [2.45, 2.75) is 19.8 Å². The van der Waals surface area contributed by atoms with E-state index in [4.69, 9.17) is 4.65 Å². The van der Waals surface area contributed by atoms with Crippen molar-refractivity contribution in [1.29, 1.82) is 0 Å². The van der Waals surface area contributed by atoms with Crippen LogP contribution in [0.3, 0.4) is 0 Å². The van der Waals surface area contributed by atoms with Gasteiger partial charge >= 0.3 is 7.12 Å². The third-order valence-electron chi connectivity index (χ3n) is 2.02.